The first-order valence-corrected chi connectivity index (χ1v) is 8.65. The van der Waals surface area contributed by atoms with Crippen molar-refractivity contribution in [3.63, 3.8) is 0 Å². The number of anilines is 1. The van der Waals surface area contributed by atoms with Gasteiger partial charge in [0.25, 0.3) is 11.5 Å². The second-order valence-electron chi connectivity index (χ2n) is 6.46. The summed E-state index contributed by atoms with van der Waals surface area (Å²) in [5, 5.41) is 11.3. The van der Waals surface area contributed by atoms with Crippen molar-refractivity contribution in [2.45, 2.75) is 32.7 Å². The number of aromatic nitrogens is 4. The molecule has 0 unspecified atom stereocenters. The molecule has 1 aromatic carbocycles. The van der Waals surface area contributed by atoms with E-state index in [0.717, 1.165) is 43.0 Å². The minimum Gasteiger partial charge on any atom is -0.326 e. The number of carbonyl (C=O) groups excluding carboxylic acids is 1. The summed E-state index contributed by atoms with van der Waals surface area (Å²) < 4.78 is 2.16. The zero-order chi connectivity index (χ0) is 18.1. The van der Waals surface area contributed by atoms with E-state index in [9.17, 15) is 9.59 Å². The van der Waals surface area contributed by atoms with Gasteiger partial charge >= 0.3 is 0 Å². The van der Waals surface area contributed by atoms with Crippen molar-refractivity contribution in [3.05, 3.63) is 63.8 Å². The highest BCUT2D eigenvalue weighted by molar-refractivity contribution is 6.04. The summed E-state index contributed by atoms with van der Waals surface area (Å²) in [5.41, 5.74) is 1.99. The van der Waals surface area contributed by atoms with Crippen molar-refractivity contribution in [2.75, 3.05) is 5.32 Å². The van der Waals surface area contributed by atoms with E-state index in [1.165, 1.54) is 6.07 Å². The van der Waals surface area contributed by atoms with Crippen molar-refractivity contribution < 1.29 is 4.79 Å². The van der Waals surface area contributed by atoms with Crippen LogP contribution in [0, 0.1) is 6.92 Å². The highest BCUT2D eigenvalue weighted by Crippen LogP contribution is 2.24. The first-order valence-electron chi connectivity index (χ1n) is 8.65. The second-order valence-corrected chi connectivity index (χ2v) is 6.46. The number of amides is 1. The molecule has 26 heavy (non-hydrogen) atoms. The third-order valence-electron chi connectivity index (χ3n) is 4.56. The van der Waals surface area contributed by atoms with Crippen LogP contribution in [0.25, 0.3) is 11.4 Å². The number of rotatable bonds is 3. The highest BCUT2D eigenvalue weighted by atomic mass is 16.2. The molecule has 0 atom stereocenters. The van der Waals surface area contributed by atoms with Gasteiger partial charge in [-0.3, -0.25) is 9.59 Å². The van der Waals surface area contributed by atoms with Crippen molar-refractivity contribution in [3.8, 4) is 11.4 Å². The molecule has 0 radical (unpaired) electrons. The number of aryl methyl sites for hydroxylation is 2. The topological polar surface area (TPSA) is 92.7 Å². The maximum Gasteiger partial charge on any atom is 0.261 e. The lowest BCUT2D eigenvalue weighted by Crippen LogP contribution is -2.23. The number of hydrogen-bond acceptors (Lipinski definition) is 4. The van der Waals surface area contributed by atoms with E-state index in [1.54, 1.807) is 25.1 Å². The molecule has 2 N–H and O–H groups in total. The van der Waals surface area contributed by atoms with Gasteiger partial charge in [0, 0.05) is 29.9 Å². The van der Waals surface area contributed by atoms with E-state index in [-0.39, 0.29) is 5.56 Å². The van der Waals surface area contributed by atoms with Gasteiger partial charge in [-0.1, -0.05) is 0 Å². The van der Waals surface area contributed by atoms with Crippen molar-refractivity contribution in [1.29, 1.82) is 0 Å². The van der Waals surface area contributed by atoms with Crippen LogP contribution in [0.4, 0.5) is 5.69 Å². The Kier molecular flexibility index (Phi) is 4.12. The fraction of sp³-hybridized carbons (Fsp3) is 0.263. The summed E-state index contributed by atoms with van der Waals surface area (Å²) in [5.74, 6) is 1.45. The third kappa shape index (κ3) is 3.03. The van der Waals surface area contributed by atoms with E-state index in [4.69, 9.17) is 0 Å². The third-order valence-corrected chi connectivity index (χ3v) is 4.56. The molecule has 132 valence electrons. The Balaban J connectivity index is 1.54. The molecular formula is C19H19N5O2. The predicted molar refractivity (Wildman–Crippen MR) is 98.1 cm³/mol. The zero-order valence-corrected chi connectivity index (χ0v) is 14.5. The maximum atomic E-state index is 12.3. The normalized spacial score (nSPS) is 13.3. The minimum absolute atomic E-state index is 0.0891. The Morgan fingerprint density at radius 3 is 2.69 bits per heavy atom. The predicted octanol–water partition coefficient (Wildman–Crippen LogP) is 2.53. The highest BCUT2D eigenvalue weighted by Gasteiger charge is 2.17. The largest absolute Gasteiger partial charge is 0.326 e. The average molecular weight is 349 g/mol. The number of hydrogen-bond donors (Lipinski definition) is 2. The summed E-state index contributed by atoms with van der Waals surface area (Å²) >= 11 is 0. The van der Waals surface area contributed by atoms with Crippen LogP contribution < -0.4 is 10.9 Å². The second kappa shape index (κ2) is 6.59. The van der Waals surface area contributed by atoms with E-state index >= 15 is 0 Å². The average Bonchev–Trinajstić information content (AvgIpc) is 3.06. The Bertz CT molecular complexity index is 1020. The number of carbonyl (C=O) groups is 1. The van der Waals surface area contributed by atoms with Crippen molar-refractivity contribution in [2.24, 2.45) is 0 Å². The van der Waals surface area contributed by atoms with Crippen LogP contribution in [0.1, 0.15) is 34.7 Å². The van der Waals surface area contributed by atoms with Gasteiger partial charge in [-0.25, -0.2) is 0 Å². The molecule has 0 saturated heterocycles. The minimum atomic E-state index is -0.432. The van der Waals surface area contributed by atoms with E-state index in [0.29, 0.717) is 11.4 Å². The van der Waals surface area contributed by atoms with Crippen LogP contribution in [-0.4, -0.2) is 25.7 Å². The van der Waals surface area contributed by atoms with Gasteiger partial charge in [0.05, 0.1) is 0 Å². The smallest absolute Gasteiger partial charge is 0.261 e. The molecule has 0 fully saturated rings. The lowest BCUT2D eigenvalue weighted by Gasteiger charge is -2.14. The van der Waals surface area contributed by atoms with Gasteiger partial charge < -0.3 is 14.9 Å². The molecule has 1 aliphatic rings. The summed E-state index contributed by atoms with van der Waals surface area (Å²) in [6.45, 7) is 2.71. The molecule has 7 nitrogen and oxygen atoms in total. The Labute approximate surface area is 150 Å². The van der Waals surface area contributed by atoms with Gasteiger partial charge in [-0.05, 0) is 56.2 Å². The molecule has 2 aromatic heterocycles. The quantitative estimate of drug-likeness (QED) is 0.760. The number of H-pyrrole nitrogens is 1. The molecule has 1 aliphatic heterocycles. The van der Waals surface area contributed by atoms with Gasteiger partial charge in [-0.2, -0.15) is 0 Å². The zero-order valence-electron chi connectivity index (χ0n) is 14.5. The Hall–Kier alpha value is -3.22. The van der Waals surface area contributed by atoms with E-state index < -0.39 is 11.5 Å². The first kappa shape index (κ1) is 16.3. The molecule has 3 aromatic rings. The summed E-state index contributed by atoms with van der Waals surface area (Å²) in [7, 11) is 0. The van der Waals surface area contributed by atoms with Crippen LogP contribution in [0.2, 0.25) is 0 Å². The van der Waals surface area contributed by atoms with Gasteiger partial charge in [0.1, 0.15) is 11.4 Å². The van der Waals surface area contributed by atoms with Crippen LogP contribution in [0.3, 0.4) is 0 Å². The van der Waals surface area contributed by atoms with Crippen LogP contribution in [0.15, 0.2) is 41.2 Å². The standard InChI is InChI=1S/C19H19N5O2/c1-12-5-10-15(18(25)20-12)19(26)21-14-8-6-13(7-9-14)17-23-22-16-4-2-3-11-24(16)17/h5-10H,2-4,11H2,1H3,(H,20,25)(H,21,26). The molecule has 0 aliphatic carbocycles. The molecule has 7 heteroatoms. The number of fused-ring (bicyclic) bond motifs is 1. The van der Waals surface area contributed by atoms with Crippen LogP contribution >= 0.6 is 0 Å². The summed E-state index contributed by atoms with van der Waals surface area (Å²) in [6, 6.07) is 10.6. The Morgan fingerprint density at radius 2 is 1.92 bits per heavy atom. The fourth-order valence-corrected chi connectivity index (χ4v) is 3.17. The molecule has 0 spiro atoms. The molecule has 1 amide bonds. The van der Waals surface area contributed by atoms with Gasteiger partial charge in [0.2, 0.25) is 0 Å². The number of benzene rings is 1. The summed E-state index contributed by atoms with van der Waals surface area (Å²) in [4.78, 5) is 26.8. The van der Waals surface area contributed by atoms with Gasteiger partial charge in [-0.15, -0.1) is 10.2 Å². The number of aromatic amines is 1. The fourth-order valence-electron chi connectivity index (χ4n) is 3.17. The number of nitrogens with zero attached hydrogens (tertiary/aromatic N) is 3. The molecule has 0 saturated carbocycles. The van der Waals surface area contributed by atoms with Crippen molar-refractivity contribution in [1.82, 2.24) is 19.7 Å². The molecule has 4 rings (SSSR count). The first-order chi connectivity index (χ1) is 12.6. The number of nitrogens with one attached hydrogen (secondary N) is 2. The SMILES string of the molecule is Cc1ccc(C(=O)Nc2ccc(-c3nnc4n3CCCC4)cc2)c(=O)[nH]1. The van der Waals surface area contributed by atoms with Crippen molar-refractivity contribution >= 4 is 11.6 Å². The maximum absolute atomic E-state index is 12.3. The van der Waals surface area contributed by atoms with Crippen LogP contribution in [-0.2, 0) is 13.0 Å². The van der Waals surface area contributed by atoms with E-state index in [1.807, 2.05) is 12.1 Å². The molecule has 0 bridgehead atoms. The van der Waals surface area contributed by atoms with Gasteiger partial charge in [0.15, 0.2) is 5.82 Å². The molecular weight excluding hydrogens is 330 g/mol. The monoisotopic (exact) mass is 349 g/mol. The summed E-state index contributed by atoms with van der Waals surface area (Å²) in [6.07, 6.45) is 3.25. The molecule has 3 heterocycles. The lowest BCUT2D eigenvalue weighted by molar-refractivity contribution is 0.102. The number of pyridine rings is 1. The van der Waals surface area contributed by atoms with E-state index in [2.05, 4.69) is 25.1 Å². The lowest BCUT2D eigenvalue weighted by atomic mass is 10.1. The Morgan fingerprint density at radius 1 is 1.12 bits per heavy atom. The van der Waals surface area contributed by atoms with Crippen LogP contribution in [0.5, 0.6) is 0 Å².